The summed E-state index contributed by atoms with van der Waals surface area (Å²) in [7, 11) is 0. The predicted molar refractivity (Wildman–Crippen MR) is 68.6 cm³/mol. The lowest BCUT2D eigenvalue weighted by molar-refractivity contribution is -0.123. The third kappa shape index (κ3) is 2.39. The third-order valence-corrected chi connectivity index (χ3v) is 3.37. The van der Waals surface area contributed by atoms with Gasteiger partial charge in [-0.15, -0.1) is 0 Å². The number of hydrogen-bond acceptors (Lipinski definition) is 4. The minimum Gasteiger partial charge on any atom is -0.482 e. The van der Waals surface area contributed by atoms with Crippen LogP contribution in [-0.4, -0.2) is 24.0 Å². The number of nitrogens with one attached hydrogen (secondary N) is 2. The van der Waals surface area contributed by atoms with Crippen molar-refractivity contribution in [3.63, 3.8) is 0 Å². The van der Waals surface area contributed by atoms with Gasteiger partial charge >= 0.3 is 0 Å². The van der Waals surface area contributed by atoms with Crippen molar-refractivity contribution >= 4 is 17.5 Å². The summed E-state index contributed by atoms with van der Waals surface area (Å²) in [5.41, 5.74) is 6.66. The van der Waals surface area contributed by atoms with Crippen LogP contribution in [0.2, 0.25) is 0 Å². The standard InChI is InChI=1S/C13H15N3O3/c14-13(3-4-13)12(18)15-6-8-1-2-10-9(5-8)16-11(17)7-19-10/h1-2,5H,3-4,6-7,14H2,(H,15,18)(H,16,17). The van der Waals surface area contributed by atoms with Crippen LogP contribution in [0.4, 0.5) is 5.69 Å². The second-order valence-corrected chi connectivity index (χ2v) is 5.01. The van der Waals surface area contributed by atoms with E-state index in [1.165, 1.54) is 0 Å². The zero-order valence-electron chi connectivity index (χ0n) is 10.4. The number of ether oxygens (including phenoxy) is 1. The number of rotatable bonds is 3. The monoisotopic (exact) mass is 261 g/mol. The number of benzene rings is 1. The zero-order chi connectivity index (χ0) is 13.5. The van der Waals surface area contributed by atoms with Crippen LogP contribution in [0.3, 0.4) is 0 Å². The van der Waals surface area contributed by atoms with Gasteiger partial charge in [0.1, 0.15) is 5.75 Å². The molecule has 19 heavy (non-hydrogen) atoms. The molecule has 0 unspecified atom stereocenters. The molecule has 0 spiro atoms. The molecule has 1 aromatic carbocycles. The van der Waals surface area contributed by atoms with E-state index in [1.807, 2.05) is 6.07 Å². The first-order valence-electron chi connectivity index (χ1n) is 6.20. The maximum absolute atomic E-state index is 11.7. The van der Waals surface area contributed by atoms with E-state index >= 15 is 0 Å². The SMILES string of the molecule is NC1(C(=O)NCc2ccc3c(c2)NC(=O)CO3)CC1. The minimum atomic E-state index is -0.661. The highest BCUT2D eigenvalue weighted by molar-refractivity contribution is 5.95. The van der Waals surface area contributed by atoms with Gasteiger partial charge in [0.15, 0.2) is 6.61 Å². The Morgan fingerprint density at radius 2 is 2.26 bits per heavy atom. The maximum Gasteiger partial charge on any atom is 0.262 e. The van der Waals surface area contributed by atoms with Gasteiger partial charge < -0.3 is 21.1 Å². The molecule has 6 nitrogen and oxygen atoms in total. The fraction of sp³-hybridized carbons (Fsp3) is 0.385. The van der Waals surface area contributed by atoms with Crippen LogP contribution in [-0.2, 0) is 16.1 Å². The van der Waals surface area contributed by atoms with Gasteiger partial charge in [-0.05, 0) is 30.5 Å². The van der Waals surface area contributed by atoms with Crippen molar-refractivity contribution in [2.24, 2.45) is 5.73 Å². The van der Waals surface area contributed by atoms with Crippen LogP contribution >= 0.6 is 0 Å². The van der Waals surface area contributed by atoms with Crippen molar-refractivity contribution in [3.05, 3.63) is 23.8 Å². The summed E-state index contributed by atoms with van der Waals surface area (Å²) < 4.78 is 5.26. The van der Waals surface area contributed by atoms with Crippen LogP contribution in [0.1, 0.15) is 18.4 Å². The quantitative estimate of drug-likeness (QED) is 0.720. The van der Waals surface area contributed by atoms with Crippen molar-refractivity contribution < 1.29 is 14.3 Å². The Hall–Kier alpha value is -2.08. The van der Waals surface area contributed by atoms with Crippen LogP contribution in [0, 0.1) is 0 Å². The van der Waals surface area contributed by atoms with Crippen molar-refractivity contribution in [2.75, 3.05) is 11.9 Å². The second-order valence-electron chi connectivity index (χ2n) is 5.01. The molecule has 1 heterocycles. The Bertz CT molecular complexity index is 552. The summed E-state index contributed by atoms with van der Waals surface area (Å²) in [6.07, 6.45) is 1.49. The van der Waals surface area contributed by atoms with Crippen LogP contribution < -0.4 is 21.1 Å². The van der Waals surface area contributed by atoms with E-state index in [1.54, 1.807) is 12.1 Å². The van der Waals surface area contributed by atoms with Crippen LogP contribution in [0.25, 0.3) is 0 Å². The second kappa shape index (κ2) is 4.24. The van der Waals surface area contributed by atoms with Gasteiger partial charge in [-0.25, -0.2) is 0 Å². The molecule has 3 rings (SSSR count). The predicted octanol–water partition coefficient (Wildman–Crippen LogP) is 0.125. The lowest BCUT2D eigenvalue weighted by Gasteiger charge is -2.18. The molecular weight excluding hydrogens is 246 g/mol. The molecule has 1 fully saturated rings. The molecule has 0 bridgehead atoms. The zero-order valence-corrected chi connectivity index (χ0v) is 10.4. The van der Waals surface area contributed by atoms with E-state index in [4.69, 9.17) is 10.5 Å². The molecule has 1 aliphatic carbocycles. The molecule has 0 atom stereocenters. The summed E-state index contributed by atoms with van der Waals surface area (Å²) >= 11 is 0. The molecule has 1 saturated carbocycles. The number of carbonyl (C=O) groups is 2. The molecule has 0 aromatic heterocycles. The number of nitrogens with two attached hydrogens (primary N) is 1. The van der Waals surface area contributed by atoms with E-state index in [9.17, 15) is 9.59 Å². The first kappa shape index (κ1) is 12.0. The number of anilines is 1. The topological polar surface area (TPSA) is 93.5 Å². The van der Waals surface area contributed by atoms with Gasteiger partial charge in [0.2, 0.25) is 5.91 Å². The average molecular weight is 261 g/mol. The molecule has 4 N–H and O–H groups in total. The molecular formula is C13H15N3O3. The molecule has 2 amide bonds. The Morgan fingerprint density at radius 3 is 3.00 bits per heavy atom. The van der Waals surface area contributed by atoms with Crippen LogP contribution in [0.15, 0.2) is 18.2 Å². The highest BCUT2D eigenvalue weighted by atomic mass is 16.5. The first-order chi connectivity index (χ1) is 9.07. The van der Waals surface area contributed by atoms with Crippen molar-refractivity contribution in [2.45, 2.75) is 24.9 Å². The van der Waals surface area contributed by atoms with Gasteiger partial charge in [0, 0.05) is 6.54 Å². The fourth-order valence-electron chi connectivity index (χ4n) is 1.96. The normalized spacial score (nSPS) is 18.9. The molecule has 1 aromatic rings. The maximum atomic E-state index is 11.7. The summed E-state index contributed by atoms with van der Waals surface area (Å²) in [6, 6.07) is 5.43. The Kier molecular flexibility index (Phi) is 2.67. The molecule has 100 valence electrons. The Labute approximate surface area is 110 Å². The van der Waals surface area contributed by atoms with Crippen molar-refractivity contribution in [1.29, 1.82) is 0 Å². The Balaban J connectivity index is 1.67. The molecule has 1 aliphatic heterocycles. The lowest BCUT2D eigenvalue weighted by atomic mass is 10.1. The summed E-state index contributed by atoms with van der Waals surface area (Å²) in [5.74, 6) is 0.352. The van der Waals surface area contributed by atoms with Crippen molar-refractivity contribution in [1.82, 2.24) is 5.32 Å². The molecule has 6 heteroatoms. The smallest absolute Gasteiger partial charge is 0.262 e. The summed E-state index contributed by atoms with van der Waals surface area (Å²) in [4.78, 5) is 22.9. The fourth-order valence-corrected chi connectivity index (χ4v) is 1.96. The molecule has 2 aliphatic rings. The van der Waals surface area contributed by atoms with Gasteiger partial charge in [-0.2, -0.15) is 0 Å². The third-order valence-electron chi connectivity index (χ3n) is 3.37. The summed E-state index contributed by atoms with van der Waals surface area (Å²) in [6.45, 7) is 0.430. The average Bonchev–Trinajstić information content (AvgIpc) is 3.14. The van der Waals surface area contributed by atoms with Gasteiger partial charge in [0.25, 0.3) is 5.91 Å². The van der Waals surface area contributed by atoms with Gasteiger partial charge in [-0.1, -0.05) is 6.07 Å². The van der Waals surface area contributed by atoms with E-state index in [2.05, 4.69) is 10.6 Å². The van der Waals surface area contributed by atoms with E-state index < -0.39 is 5.54 Å². The largest absolute Gasteiger partial charge is 0.482 e. The van der Waals surface area contributed by atoms with Crippen LogP contribution in [0.5, 0.6) is 5.75 Å². The number of hydrogen-bond donors (Lipinski definition) is 3. The van der Waals surface area contributed by atoms with Gasteiger partial charge in [-0.3, -0.25) is 9.59 Å². The number of amides is 2. The highest BCUT2D eigenvalue weighted by Crippen LogP contribution is 2.32. The minimum absolute atomic E-state index is 0.0405. The Morgan fingerprint density at radius 1 is 1.47 bits per heavy atom. The van der Waals surface area contributed by atoms with E-state index in [0.717, 1.165) is 18.4 Å². The van der Waals surface area contributed by atoms with E-state index in [-0.39, 0.29) is 18.4 Å². The summed E-state index contributed by atoms with van der Waals surface area (Å²) in [5, 5.41) is 5.53. The van der Waals surface area contributed by atoms with Crippen molar-refractivity contribution in [3.8, 4) is 5.75 Å². The van der Waals surface area contributed by atoms with E-state index in [0.29, 0.717) is 18.0 Å². The number of carbonyl (C=O) groups excluding carboxylic acids is 2. The number of fused-ring (bicyclic) bond motifs is 1. The highest BCUT2D eigenvalue weighted by Gasteiger charge is 2.45. The lowest BCUT2D eigenvalue weighted by Crippen LogP contribution is -2.42. The van der Waals surface area contributed by atoms with Gasteiger partial charge in [0.05, 0.1) is 11.2 Å². The molecule has 0 radical (unpaired) electrons. The first-order valence-corrected chi connectivity index (χ1v) is 6.20. The molecule has 0 saturated heterocycles.